The minimum atomic E-state index is -0.387. The zero-order chi connectivity index (χ0) is 26.9. The number of nitrogens with zero attached hydrogens (tertiary/aromatic N) is 1. The van der Waals surface area contributed by atoms with Gasteiger partial charge in [-0.15, -0.1) is 0 Å². The summed E-state index contributed by atoms with van der Waals surface area (Å²) in [4.78, 5) is 31.2. The summed E-state index contributed by atoms with van der Waals surface area (Å²) in [6.45, 7) is 21.5. The molecule has 0 saturated heterocycles. The summed E-state index contributed by atoms with van der Waals surface area (Å²) in [5.41, 5.74) is 1.91. The Kier molecular flexibility index (Phi) is 9.27. The van der Waals surface area contributed by atoms with E-state index in [1.807, 2.05) is 0 Å². The van der Waals surface area contributed by atoms with Crippen molar-refractivity contribution < 1.29 is 19.1 Å². The smallest absolute Gasteiger partial charge is 0.340 e. The molecule has 1 aromatic rings. The van der Waals surface area contributed by atoms with Crippen LogP contribution in [0.3, 0.4) is 0 Å². The number of rotatable bonds is 6. The second-order valence-corrected chi connectivity index (χ2v) is 12.8. The molecule has 2 aliphatic carbocycles. The maximum Gasteiger partial charge on any atom is 0.340 e. The molecule has 0 bridgehead atoms. The van der Waals surface area contributed by atoms with Gasteiger partial charge >= 0.3 is 11.9 Å². The quantitative estimate of drug-likeness (QED) is 0.381. The van der Waals surface area contributed by atoms with Crippen LogP contribution in [0.2, 0.25) is 0 Å². The highest BCUT2D eigenvalue weighted by molar-refractivity contribution is 5.96. The summed E-state index contributed by atoms with van der Waals surface area (Å²) in [7, 11) is 0. The lowest BCUT2D eigenvalue weighted by Crippen LogP contribution is -2.39. The lowest BCUT2D eigenvalue weighted by atomic mass is 9.70. The first-order valence-electron chi connectivity index (χ1n) is 14.2. The normalized spacial score (nSPS) is 33.0. The van der Waals surface area contributed by atoms with Crippen LogP contribution in [0.1, 0.15) is 113 Å². The molecule has 0 spiro atoms. The molecule has 202 valence electrons. The predicted molar refractivity (Wildman–Crippen MR) is 144 cm³/mol. The van der Waals surface area contributed by atoms with E-state index in [9.17, 15) is 9.59 Å². The summed E-state index contributed by atoms with van der Waals surface area (Å²) < 4.78 is 12.2. The van der Waals surface area contributed by atoms with E-state index in [1.54, 1.807) is 19.9 Å². The van der Waals surface area contributed by atoms with Gasteiger partial charge in [-0.25, -0.2) is 9.59 Å². The van der Waals surface area contributed by atoms with E-state index in [0.717, 1.165) is 12.8 Å². The van der Waals surface area contributed by atoms with Crippen molar-refractivity contribution >= 4 is 11.9 Å². The number of esters is 2. The Labute approximate surface area is 219 Å². The van der Waals surface area contributed by atoms with Gasteiger partial charge in [-0.1, -0.05) is 55.4 Å². The Morgan fingerprint density at radius 2 is 1.08 bits per heavy atom. The van der Waals surface area contributed by atoms with Crippen LogP contribution in [0.4, 0.5) is 0 Å². The summed E-state index contributed by atoms with van der Waals surface area (Å²) in [6, 6.07) is 1.65. The summed E-state index contributed by atoms with van der Waals surface area (Å²) in [5, 5.41) is 0. The van der Waals surface area contributed by atoms with Crippen LogP contribution in [0.25, 0.3) is 0 Å². The molecule has 36 heavy (non-hydrogen) atoms. The highest BCUT2D eigenvalue weighted by Gasteiger charge is 2.38. The van der Waals surface area contributed by atoms with Crippen LogP contribution < -0.4 is 0 Å². The van der Waals surface area contributed by atoms with Gasteiger partial charge in [0.2, 0.25) is 0 Å². The van der Waals surface area contributed by atoms with Crippen molar-refractivity contribution in [1.29, 1.82) is 0 Å². The van der Waals surface area contributed by atoms with Crippen LogP contribution >= 0.6 is 0 Å². The van der Waals surface area contributed by atoms with Gasteiger partial charge in [0.1, 0.15) is 12.2 Å². The van der Waals surface area contributed by atoms with E-state index in [4.69, 9.17) is 9.47 Å². The van der Waals surface area contributed by atoms with Gasteiger partial charge in [-0.3, -0.25) is 4.98 Å². The molecule has 0 radical (unpaired) electrons. The lowest BCUT2D eigenvalue weighted by molar-refractivity contribution is -0.0257. The van der Waals surface area contributed by atoms with Crippen molar-refractivity contribution in [3.63, 3.8) is 0 Å². The third kappa shape index (κ3) is 6.31. The van der Waals surface area contributed by atoms with E-state index in [1.165, 1.54) is 12.8 Å². The zero-order valence-corrected chi connectivity index (χ0v) is 24.3. The Bertz CT molecular complexity index is 867. The number of carbonyl (C=O) groups is 2. The van der Waals surface area contributed by atoms with E-state index in [0.29, 0.717) is 69.9 Å². The second-order valence-electron chi connectivity index (χ2n) is 12.8. The molecule has 3 rings (SSSR count). The molecule has 2 saturated carbocycles. The molecule has 0 N–H and O–H groups in total. The van der Waals surface area contributed by atoms with Gasteiger partial charge in [0.05, 0.1) is 22.5 Å². The Hall–Kier alpha value is -1.91. The largest absolute Gasteiger partial charge is 0.458 e. The highest BCUT2D eigenvalue weighted by Crippen LogP contribution is 2.40. The average molecular weight is 500 g/mol. The molecule has 1 heterocycles. The molecule has 5 nitrogen and oxygen atoms in total. The van der Waals surface area contributed by atoms with Gasteiger partial charge in [-0.05, 0) is 92.9 Å². The molecular weight excluding hydrogens is 450 g/mol. The molecule has 1 aromatic heterocycles. The van der Waals surface area contributed by atoms with Crippen LogP contribution in [0, 0.1) is 61.2 Å². The number of hydrogen-bond acceptors (Lipinski definition) is 5. The summed E-state index contributed by atoms with van der Waals surface area (Å²) >= 11 is 0. The fraction of sp³-hybridized carbons (Fsp3) is 0.774. The van der Waals surface area contributed by atoms with Crippen molar-refractivity contribution in [3.8, 4) is 0 Å². The number of hydrogen-bond donors (Lipinski definition) is 0. The van der Waals surface area contributed by atoms with Crippen LogP contribution in [0.5, 0.6) is 0 Å². The highest BCUT2D eigenvalue weighted by atomic mass is 16.5. The van der Waals surface area contributed by atoms with Gasteiger partial charge in [0.15, 0.2) is 0 Å². The molecule has 0 unspecified atom stereocenters. The Balaban J connectivity index is 1.78. The van der Waals surface area contributed by atoms with Gasteiger partial charge in [0.25, 0.3) is 0 Å². The van der Waals surface area contributed by atoms with E-state index < -0.39 is 0 Å². The minimum absolute atomic E-state index is 0.123. The topological polar surface area (TPSA) is 65.5 Å². The van der Waals surface area contributed by atoms with Crippen LogP contribution in [0.15, 0.2) is 6.07 Å². The van der Waals surface area contributed by atoms with Crippen molar-refractivity contribution in [2.24, 2.45) is 47.3 Å². The van der Waals surface area contributed by atoms with Crippen LogP contribution in [-0.4, -0.2) is 29.1 Å². The van der Waals surface area contributed by atoms with E-state index >= 15 is 0 Å². The van der Waals surface area contributed by atoms with E-state index in [-0.39, 0.29) is 24.1 Å². The van der Waals surface area contributed by atoms with Crippen molar-refractivity contribution in [2.45, 2.75) is 107 Å². The molecule has 0 amide bonds. The fourth-order valence-corrected chi connectivity index (χ4v) is 6.28. The Morgan fingerprint density at radius 3 is 1.42 bits per heavy atom. The summed E-state index contributed by atoms with van der Waals surface area (Å²) in [5.74, 6) is 3.05. The number of ether oxygens (including phenoxy) is 2. The van der Waals surface area contributed by atoms with E-state index in [2.05, 4.69) is 60.4 Å². The Morgan fingerprint density at radius 1 is 0.722 bits per heavy atom. The van der Waals surface area contributed by atoms with Gasteiger partial charge in [0, 0.05) is 0 Å². The SMILES string of the molecule is Cc1nc(C)c(C(=O)O[C@@H]2C[C@H](C(C)C)C[C@H](C)[C@@H]2C)cc1C(=O)O[C@@H]1C[C@H](C(C)C)C[C@H](C)[C@@H]1C. The number of aryl methyl sites for hydroxylation is 2. The molecule has 5 heteroatoms. The average Bonchev–Trinajstić information content (AvgIpc) is 2.79. The third-order valence-corrected chi connectivity index (χ3v) is 9.63. The second kappa shape index (κ2) is 11.6. The zero-order valence-electron chi connectivity index (χ0n) is 24.3. The molecule has 2 aliphatic rings. The first kappa shape index (κ1) is 28.7. The van der Waals surface area contributed by atoms with Gasteiger partial charge in [-0.2, -0.15) is 0 Å². The monoisotopic (exact) mass is 499 g/mol. The fourth-order valence-electron chi connectivity index (χ4n) is 6.28. The van der Waals surface area contributed by atoms with Crippen LogP contribution in [-0.2, 0) is 9.47 Å². The molecule has 0 aliphatic heterocycles. The first-order valence-corrected chi connectivity index (χ1v) is 14.2. The molecule has 8 atom stereocenters. The number of aromatic nitrogens is 1. The van der Waals surface area contributed by atoms with Crippen molar-refractivity contribution in [2.75, 3.05) is 0 Å². The van der Waals surface area contributed by atoms with Crippen molar-refractivity contribution in [1.82, 2.24) is 4.98 Å². The maximum absolute atomic E-state index is 13.3. The number of pyridine rings is 1. The first-order chi connectivity index (χ1) is 16.8. The standard InChI is InChI=1S/C31H49NO4/c1-16(2)24-11-18(5)20(7)28(13-24)35-30(33)26-15-27(23(10)32-22(26)9)31(34)36-29-14-25(17(3)4)12-19(6)21(29)8/h15-21,24-25,28-29H,11-14H2,1-10H3/t18-,19-,20-,21-,24+,25+,28+,29+/m0/s1. The number of carbonyl (C=O) groups excluding carboxylic acids is 2. The molecule has 2 fully saturated rings. The maximum atomic E-state index is 13.3. The lowest BCUT2D eigenvalue weighted by Gasteiger charge is -2.40. The predicted octanol–water partition coefficient (Wildman–Crippen LogP) is 7.43. The third-order valence-electron chi connectivity index (χ3n) is 9.63. The van der Waals surface area contributed by atoms with Crippen molar-refractivity contribution in [3.05, 3.63) is 28.6 Å². The molecule has 0 aromatic carbocycles. The minimum Gasteiger partial charge on any atom is -0.458 e. The molecular formula is C31H49NO4. The van der Waals surface area contributed by atoms with Gasteiger partial charge < -0.3 is 9.47 Å². The summed E-state index contributed by atoms with van der Waals surface area (Å²) in [6.07, 6.45) is 3.87.